The lowest BCUT2D eigenvalue weighted by molar-refractivity contribution is 0.113. The maximum atomic E-state index is 11.8. The zero-order valence-corrected chi connectivity index (χ0v) is 9.94. The van der Waals surface area contributed by atoms with Gasteiger partial charge < -0.3 is 20.4 Å². The van der Waals surface area contributed by atoms with E-state index in [4.69, 9.17) is 5.73 Å². The molecule has 88 valence electrons. The summed E-state index contributed by atoms with van der Waals surface area (Å²) in [5.74, 6) is 0.412. The van der Waals surface area contributed by atoms with Crippen molar-refractivity contribution in [3.63, 3.8) is 0 Å². The van der Waals surface area contributed by atoms with Crippen molar-refractivity contribution >= 4 is 6.03 Å². The van der Waals surface area contributed by atoms with Gasteiger partial charge in [0.15, 0.2) is 0 Å². The summed E-state index contributed by atoms with van der Waals surface area (Å²) in [6.45, 7) is 3.92. The quantitative estimate of drug-likeness (QED) is 0.686. The molecule has 1 saturated heterocycles. The Kier molecular flexibility index (Phi) is 4.35. The Morgan fingerprint density at radius 2 is 2.13 bits per heavy atom. The predicted octanol–water partition coefficient (Wildman–Crippen LogP) is -0.510. The van der Waals surface area contributed by atoms with Crippen molar-refractivity contribution in [1.82, 2.24) is 14.7 Å². The third-order valence-electron chi connectivity index (χ3n) is 2.76. The van der Waals surface area contributed by atoms with Gasteiger partial charge in [-0.15, -0.1) is 0 Å². The molecule has 0 bridgehead atoms. The predicted molar refractivity (Wildman–Crippen MR) is 60.7 cm³/mol. The van der Waals surface area contributed by atoms with Crippen LogP contribution >= 0.6 is 0 Å². The van der Waals surface area contributed by atoms with E-state index >= 15 is 0 Å². The van der Waals surface area contributed by atoms with Crippen molar-refractivity contribution in [3.8, 4) is 0 Å². The van der Waals surface area contributed by atoms with Gasteiger partial charge in [0, 0.05) is 39.1 Å². The van der Waals surface area contributed by atoms with Crippen LogP contribution in [0, 0.1) is 5.92 Å². The van der Waals surface area contributed by atoms with E-state index in [1.165, 1.54) is 0 Å². The van der Waals surface area contributed by atoms with Crippen LogP contribution in [-0.4, -0.2) is 74.6 Å². The van der Waals surface area contributed by atoms with Crippen molar-refractivity contribution in [1.29, 1.82) is 0 Å². The van der Waals surface area contributed by atoms with Gasteiger partial charge in [0.1, 0.15) is 0 Å². The first-order valence-electron chi connectivity index (χ1n) is 5.39. The van der Waals surface area contributed by atoms with Gasteiger partial charge in [0.2, 0.25) is 0 Å². The highest BCUT2D eigenvalue weighted by atomic mass is 16.2. The fourth-order valence-corrected chi connectivity index (χ4v) is 1.81. The van der Waals surface area contributed by atoms with Crippen molar-refractivity contribution in [2.45, 2.75) is 0 Å². The van der Waals surface area contributed by atoms with Gasteiger partial charge in [-0.1, -0.05) is 0 Å². The highest BCUT2D eigenvalue weighted by Gasteiger charge is 2.28. The molecule has 1 fully saturated rings. The van der Waals surface area contributed by atoms with Crippen LogP contribution in [0.1, 0.15) is 0 Å². The molecule has 15 heavy (non-hydrogen) atoms. The van der Waals surface area contributed by atoms with Crippen LogP contribution < -0.4 is 5.73 Å². The molecule has 1 aliphatic heterocycles. The third kappa shape index (κ3) is 3.35. The molecule has 1 aliphatic rings. The zero-order chi connectivity index (χ0) is 11.4. The van der Waals surface area contributed by atoms with E-state index in [0.29, 0.717) is 12.5 Å². The average Bonchev–Trinajstić information content (AvgIpc) is 2.19. The van der Waals surface area contributed by atoms with Gasteiger partial charge in [-0.05, 0) is 20.6 Å². The highest BCUT2D eigenvalue weighted by molar-refractivity contribution is 5.75. The van der Waals surface area contributed by atoms with Gasteiger partial charge in [0.25, 0.3) is 0 Å². The van der Waals surface area contributed by atoms with E-state index in [1.807, 2.05) is 26.0 Å². The van der Waals surface area contributed by atoms with Crippen LogP contribution in [0.3, 0.4) is 0 Å². The fraction of sp³-hybridized carbons (Fsp3) is 0.900. The lowest BCUT2D eigenvalue weighted by Crippen LogP contribution is -2.54. The van der Waals surface area contributed by atoms with E-state index in [-0.39, 0.29) is 6.03 Å². The van der Waals surface area contributed by atoms with E-state index in [1.54, 1.807) is 4.90 Å². The Labute approximate surface area is 91.8 Å². The Bertz CT molecular complexity index is 219. The molecule has 0 spiro atoms. The van der Waals surface area contributed by atoms with E-state index in [9.17, 15) is 4.79 Å². The largest absolute Gasteiger partial charge is 0.330 e. The smallest absolute Gasteiger partial charge is 0.319 e. The molecule has 0 aromatic carbocycles. The Balaban J connectivity index is 2.49. The molecule has 0 aliphatic carbocycles. The molecule has 5 nitrogen and oxygen atoms in total. The maximum Gasteiger partial charge on any atom is 0.319 e. The average molecular weight is 214 g/mol. The molecular weight excluding hydrogens is 192 g/mol. The minimum absolute atomic E-state index is 0.126. The number of likely N-dealkylation sites (N-methyl/N-ethyl adjacent to an activating group) is 1. The molecule has 0 saturated carbocycles. The number of hydrogen-bond donors (Lipinski definition) is 1. The van der Waals surface area contributed by atoms with Crippen molar-refractivity contribution in [2.75, 3.05) is 53.9 Å². The summed E-state index contributed by atoms with van der Waals surface area (Å²) < 4.78 is 0. The Morgan fingerprint density at radius 3 is 2.67 bits per heavy atom. The van der Waals surface area contributed by atoms with Crippen LogP contribution in [0.5, 0.6) is 0 Å². The number of amides is 2. The molecule has 1 rings (SSSR count). The second kappa shape index (κ2) is 5.32. The normalized spacial score (nSPS) is 22.7. The van der Waals surface area contributed by atoms with E-state index in [0.717, 1.165) is 26.2 Å². The van der Waals surface area contributed by atoms with Crippen LogP contribution in [0.4, 0.5) is 4.79 Å². The first-order valence-corrected chi connectivity index (χ1v) is 5.39. The summed E-state index contributed by atoms with van der Waals surface area (Å²) in [5.41, 5.74) is 5.65. The molecule has 1 atom stereocenters. The van der Waals surface area contributed by atoms with Gasteiger partial charge in [0.05, 0.1) is 0 Å². The van der Waals surface area contributed by atoms with Gasteiger partial charge in [-0.3, -0.25) is 0 Å². The van der Waals surface area contributed by atoms with Crippen molar-refractivity contribution < 1.29 is 4.79 Å². The van der Waals surface area contributed by atoms with Gasteiger partial charge in [-0.2, -0.15) is 0 Å². The van der Waals surface area contributed by atoms with E-state index in [2.05, 4.69) is 4.90 Å². The summed E-state index contributed by atoms with van der Waals surface area (Å²) in [5, 5.41) is 0. The number of nitrogens with two attached hydrogens (primary N) is 1. The molecule has 1 heterocycles. The highest BCUT2D eigenvalue weighted by Crippen LogP contribution is 2.11. The fourth-order valence-electron chi connectivity index (χ4n) is 1.81. The van der Waals surface area contributed by atoms with Gasteiger partial charge in [-0.25, -0.2) is 4.79 Å². The number of nitrogens with zero attached hydrogens (tertiary/aromatic N) is 3. The molecule has 1 unspecified atom stereocenters. The standard InChI is InChI=1S/C10H22N4O/c1-12(2)4-5-14-8-9(6-11)7-13(3)10(14)15/h9H,4-8,11H2,1-3H3. The minimum atomic E-state index is 0.126. The summed E-state index contributed by atoms with van der Waals surface area (Å²) in [4.78, 5) is 17.5. The first-order chi connectivity index (χ1) is 7.04. The second-order valence-electron chi connectivity index (χ2n) is 4.51. The number of carbonyl (C=O) groups excluding carboxylic acids is 1. The summed E-state index contributed by atoms with van der Waals surface area (Å²) >= 11 is 0. The molecule has 2 amide bonds. The summed E-state index contributed by atoms with van der Waals surface area (Å²) in [6.07, 6.45) is 0. The number of hydrogen-bond acceptors (Lipinski definition) is 3. The second-order valence-corrected chi connectivity index (χ2v) is 4.51. The lowest BCUT2D eigenvalue weighted by Gasteiger charge is -2.38. The van der Waals surface area contributed by atoms with Crippen molar-refractivity contribution in [2.24, 2.45) is 11.7 Å². The Morgan fingerprint density at radius 1 is 1.47 bits per heavy atom. The van der Waals surface area contributed by atoms with Crippen LogP contribution in [0.15, 0.2) is 0 Å². The monoisotopic (exact) mass is 214 g/mol. The SMILES string of the molecule is CN(C)CCN1CC(CN)CN(C)C1=O. The van der Waals surface area contributed by atoms with E-state index < -0.39 is 0 Å². The lowest BCUT2D eigenvalue weighted by atomic mass is 10.1. The topological polar surface area (TPSA) is 52.8 Å². The number of urea groups is 1. The van der Waals surface area contributed by atoms with Crippen LogP contribution in [-0.2, 0) is 0 Å². The first kappa shape index (κ1) is 12.3. The number of rotatable bonds is 4. The number of carbonyl (C=O) groups is 1. The zero-order valence-electron chi connectivity index (χ0n) is 9.94. The van der Waals surface area contributed by atoms with Gasteiger partial charge >= 0.3 is 6.03 Å². The molecule has 0 aromatic heterocycles. The Hall–Kier alpha value is -0.810. The molecule has 2 N–H and O–H groups in total. The van der Waals surface area contributed by atoms with Crippen LogP contribution in [0.2, 0.25) is 0 Å². The van der Waals surface area contributed by atoms with Crippen LogP contribution in [0.25, 0.3) is 0 Å². The molecule has 5 heteroatoms. The summed E-state index contributed by atoms with van der Waals surface area (Å²) in [7, 11) is 5.86. The molecule has 0 radical (unpaired) electrons. The third-order valence-corrected chi connectivity index (χ3v) is 2.76. The minimum Gasteiger partial charge on any atom is -0.330 e. The summed E-state index contributed by atoms with van der Waals surface area (Å²) in [6, 6.07) is 0.126. The maximum absolute atomic E-state index is 11.8. The molecule has 0 aromatic rings. The van der Waals surface area contributed by atoms with Crippen molar-refractivity contribution in [3.05, 3.63) is 0 Å². The molecular formula is C10H22N4O.